The summed E-state index contributed by atoms with van der Waals surface area (Å²) in [4.78, 5) is 0. The van der Waals surface area contributed by atoms with Crippen LogP contribution in [0.4, 0.5) is 11.4 Å². The first-order valence-electron chi connectivity index (χ1n) is 6.28. The van der Waals surface area contributed by atoms with Gasteiger partial charge in [-0.3, -0.25) is 0 Å². The lowest BCUT2D eigenvalue weighted by Crippen LogP contribution is -2.36. The van der Waals surface area contributed by atoms with Crippen molar-refractivity contribution in [2.45, 2.75) is 39.2 Å². The lowest BCUT2D eigenvalue weighted by Gasteiger charge is -2.29. The molecule has 2 N–H and O–H groups in total. The fourth-order valence-electron chi connectivity index (χ4n) is 3.11. The van der Waals surface area contributed by atoms with Crippen LogP contribution in [0, 0.1) is 12.3 Å². The van der Waals surface area contributed by atoms with E-state index in [4.69, 9.17) is 0 Å². The van der Waals surface area contributed by atoms with Crippen LogP contribution in [0.5, 0.6) is 0 Å². The van der Waals surface area contributed by atoms with Crippen molar-refractivity contribution in [2.75, 3.05) is 17.2 Å². The van der Waals surface area contributed by atoms with Gasteiger partial charge in [-0.25, -0.2) is 0 Å². The third-order valence-electron chi connectivity index (χ3n) is 4.27. The molecule has 1 aliphatic heterocycles. The largest absolute Gasteiger partial charge is 0.383 e. The predicted octanol–water partition coefficient (Wildman–Crippen LogP) is 3.39. The molecule has 1 heterocycles. The molecule has 0 amide bonds. The second-order valence-corrected chi connectivity index (χ2v) is 5.65. The SMILES string of the molecule is Cc1ccc2c(c1)NCC1(C)CCCC1N2. The number of hydrogen-bond donors (Lipinski definition) is 2. The number of anilines is 2. The molecule has 1 fully saturated rings. The molecule has 0 bridgehead atoms. The van der Waals surface area contributed by atoms with Gasteiger partial charge in [-0.15, -0.1) is 0 Å². The second kappa shape index (κ2) is 3.41. The third kappa shape index (κ3) is 1.48. The highest BCUT2D eigenvalue weighted by atomic mass is 15.0. The molecule has 2 nitrogen and oxygen atoms in total. The van der Waals surface area contributed by atoms with E-state index < -0.39 is 0 Å². The maximum absolute atomic E-state index is 3.73. The van der Waals surface area contributed by atoms with Crippen LogP contribution < -0.4 is 10.6 Å². The van der Waals surface area contributed by atoms with E-state index >= 15 is 0 Å². The first-order valence-corrected chi connectivity index (χ1v) is 6.28. The summed E-state index contributed by atoms with van der Waals surface area (Å²) in [5.74, 6) is 0. The summed E-state index contributed by atoms with van der Waals surface area (Å²) in [7, 11) is 0. The molecule has 1 aliphatic carbocycles. The lowest BCUT2D eigenvalue weighted by atomic mass is 9.85. The monoisotopic (exact) mass is 216 g/mol. The molecule has 3 rings (SSSR count). The van der Waals surface area contributed by atoms with Gasteiger partial charge in [0.1, 0.15) is 0 Å². The first kappa shape index (κ1) is 10.0. The zero-order valence-corrected chi connectivity index (χ0v) is 10.1. The van der Waals surface area contributed by atoms with Crippen molar-refractivity contribution in [2.24, 2.45) is 5.41 Å². The van der Waals surface area contributed by atoms with Gasteiger partial charge in [-0.1, -0.05) is 19.4 Å². The van der Waals surface area contributed by atoms with Crippen molar-refractivity contribution in [3.8, 4) is 0 Å². The predicted molar refractivity (Wildman–Crippen MR) is 69.0 cm³/mol. The molecule has 1 saturated carbocycles. The number of benzene rings is 1. The average Bonchev–Trinajstić information content (AvgIpc) is 2.55. The number of nitrogens with one attached hydrogen (secondary N) is 2. The highest BCUT2D eigenvalue weighted by Gasteiger charge is 2.40. The molecule has 2 unspecified atom stereocenters. The fraction of sp³-hybridized carbons (Fsp3) is 0.571. The summed E-state index contributed by atoms with van der Waals surface area (Å²) in [6.45, 7) is 5.65. The Morgan fingerprint density at radius 1 is 1.31 bits per heavy atom. The average molecular weight is 216 g/mol. The number of hydrogen-bond acceptors (Lipinski definition) is 2. The van der Waals surface area contributed by atoms with Gasteiger partial charge < -0.3 is 10.6 Å². The Balaban J connectivity index is 1.97. The van der Waals surface area contributed by atoms with Crippen molar-refractivity contribution in [3.63, 3.8) is 0 Å². The Bertz CT molecular complexity index is 413. The van der Waals surface area contributed by atoms with E-state index in [-0.39, 0.29) is 0 Å². The van der Waals surface area contributed by atoms with E-state index in [0.717, 1.165) is 6.54 Å². The van der Waals surface area contributed by atoms with Crippen LogP contribution in [0.2, 0.25) is 0 Å². The van der Waals surface area contributed by atoms with E-state index in [0.29, 0.717) is 11.5 Å². The Kier molecular flexibility index (Phi) is 2.13. The molecule has 2 aliphatic rings. The Morgan fingerprint density at radius 3 is 3.06 bits per heavy atom. The van der Waals surface area contributed by atoms with E-state index in [2.05, 4.69) is 42.7 Å². The van der Waals surface area contributed by atoms with Gasteiger partial charge in [0, 0.05) is 18.0 Å². The zero-order chi connectivity index (χ0) is 11.2. The smallest absolute Gasteiger partial charge is 0.0578 e. The van der Waals surface area contributed by atoms with Gasteiger partial charge in [0.2, 0.25) is 0 Å². The third-order valence-corrected chi connectivity index (χ3v) is 4.27. The van der Waals surface area contributed by atoms with E-state index in [1.54, 1.807) is 0 Å². The summed E-state index contributed by atoms with van der Waals surface area (Å²) in [5, 5.41) is 7.34. The summed E-state index contributed by atoms with van der Waals surface area (Å²) in [5.41, 5.74) is 4.30. The molecular weight excluding hydrogens is 196 g/mol. The summed E-state index contributed by atoms with van der Waals surface area (Å²) in [6.07, 6.45) is 4.01. The molecule has 16 heavy (non-hydrogen) atoms. The molecule has 2 atom stereocenters. The standard InChI is InChI=1S/C14H20N2/c1-10-5-6-11-12(8-10)15-9-14(2)7-3-4-13(14)16-11/h5-6,8,13,15-16H,3-4,7,9H2,1-2H3. The van der Waals surface area contributed by atoms with Crippen LogP contribution in [-0.4, -0.2) is 12.6 Å². The number of fused-ring (bicyclic) bond motifs is 2. The molecule has 1 aromatic rings. The van der Waals surface area contributed by atoms with Crippen molar-refractivity contribution in [1.82, 2.24) is 0 Å². The van der Waals surface area contributed by atoms with E-state index in [9.17, 15) is 0 Å². The molecule has 1 aromatic carbocycles. The maximum Gasteiger partial charge on any atom is 0.0578 e. The summed E-state index contributed by atoms with van der Waals surface area (Å²) >= 11 is 0. The molecule has 0 aromatic heterocycles. The molecule has 0 spiro atoms. The molecule has 0 radical (unpaired) electrons. The molecule has 0 saturated heterocycles. The van der Waals surface area contributed by atoms with Crippen molar-refractivity contribution in [1.29, 1.82) is 0 Å². The van der Waals surface area contributed by atoms with E-state index in [1.165, 1.54) is 36.2 Å². The van der Waals surface area contributed by atoms with Crippen molar-refractivity contribution < 1.29 is 0 Å². The van der Waals surface area contributed by atoms with Crippen LogP contribution in [-0.2, 0) is 0 Å². The van der Waals surface area contributed by atoms with Gasteiger partial charge in [0.05, 0.1) is 11.4 Å². The number of aryl methyl sites for hydroxylation is 1. The van der Waals surface area contributed by atoms with Gasteiger partial charge in [-0.05, 0) is 37.5 Å². The van der Waals surface area contributed by atoms with Crippen LogP contribution in [0.15, 0.2) is 18.2 Å². The van der Waals surface area contributed by atoms with Crippen molar-refractivity contribution >= 4 is 11.4 Å². The maximum atomic E-state index is 3.73. The topological polar surface area (TPSA) is 24.1 Å². The fourth-order valence-corrected chi connectivity index (χ4v) is 3.11. The van der Waals surface area contributed by atoms with Crippen LogP contribution >= 0.6 is 0 Å². The lowest BCUT2D eigenvalue weighted by molar-refractivity contribution is 0.335. The van der Waals surface area contributed by atoms with Gasteiger partial charge >= 0.3 is 0 Å². The Hall–Kier alpha value is -1.18. The highest BCUT2D eigenvalue weighted by Crippen LogP contribution is 2.43. The molecular formula is C14H20N2. The normalized spacial score (nSPS) is 32.0. The first-order chi connectivity index (χ1) is 7.67. The van der Waals surface area contributed by atoms with E-state index in [1.807, 2.05) is 0 Å². The molecule has 2 heteroatoms. The summed E-state index contributed by atoms with van der Waals surface area (Å²) in [6, 6.07) is 7.28. The summed E-state index contributed by atoms with van der Waals surface area (Å²) < 4.78 is 0. The quantitative estimate of drug-likeness (QED) is 0.694. The van der Waals surface area contributed by atoms with Gasteiger partial charge in [-0.2, -0.15) is 0 Å². The minimum absolute atomic E-state index is 0.424. The van der Waals surface area contributed by atoms with Crippen LogP contribution in [0.25, 0.3) is 0 Å². The zero-order valence-electron chi connectivity index (χ0n) is 10.1. The van der Waals surface area contributed by atoms with Crippen molar-refractivity contribution in [3.05, 3.63) is 23.8 Å². The van der Waals surface area contributed by atoms with Gasteiger partial charge in [0.15, 0.2) is 0 Å². The number of rotatable bonds is 0. The Labute approximate surface area is 97.4 Å². The Morgan fingerprint density at radius 2 is 2.19 bits per heavy atom. The minimum atomic E-state index is 0.424. The second-order valence-electron chi connectivity index (χ2n) is 5.65. The minimum Gasteiger partial charge on any atom is -0.383 e. The van der Waals surface area contributed by atoms with Gasteiger partial charge in [0.25, 0.3) is 0 Å². The highest BCUT2D eigenvalue weighted by molar-refractivity contribution is 5.71. The van der Waals surface area contributed by atoms with Crippen LogP contribution in [0.3, 0.4) is 0 Å². The molecule has 86 valence electrons. The van der Waals surface area contributed by atoms with Crippen LogP contribution in [0.1, 0.15) is 31.7 Å².